The van der Waals surface area contributed by atoms with Gasteiger partial charge in [-0.1, -0.05) is 12.1 Å². The predicted molar refractivity (Wildman–Crippen MR) is 97.9 cm³/mol. The normalized spacial score (nSPS) is 23.5. The maximum absolute atomic E-state index is 12.8. The van der Waals surface area contributed by atoms with Crippen LogP contribution in [0.3, 0.4) is 0 Å². The molecule has 1 amide bonds. The van der Waals surface area contributed by atoms with Crippen LogP contribution in [0.4, 0.5) is 0 Å². The summed E-state index contributed by atoms with van der Waals surface area (Å²) in [6.07, 6.45) is 2.91. The Labute approximate surface area is 150 Å². The van der Waals surface area contributed by atoms with Crippen molar-refractivity contribution in [1.29, 1.82) is 0 Å². The lowest BCUT2D eigenvalue weighted by atomic mass is 9.95. The molecule has 5 nitrogen and oxygen atoms in total. The molecule has 0 unspecified atom stereocenters. The molecule has 1 aromatic carbocycles. The number of methoxy groups -OCH3 is 1. The summed E-state index contributed by atoms with van der Waals surface area (Å²) in [6, 6.07) is 8.38. The molecule has 0 spiro atoms. The van der Waals surface area contributed by atoms with Crippen molar-refractivity contribution < 1.29 is 14.3 Å². The molecule has 0 radical (unpaired) electrons. The van der Waals surface area contributed by atoms with Gasteiger partial charge in [0, 0.05) is 39.3 Å². The number of amides is 1. The summed E-state index contributed by atoms with van der Waals surface area (Å²) in [5.74, 6) is 1.70. The van der Waals surface area contributed by atoms with Gasteiger partial charge in [0.15, 0.2) is 0 Å². The number of benzene rings is 1. The monoisotopic (exact) mass is 346 g/mol. The molecule has 25 heavy (non-hydrogen) atoms. The van der Waals surface area contributed by atoms with Crippen molar-refractivity contribution in [3.63, 3.8) is 0 Å². The fourth-order valence-electron chi connectivity index (χ4n) is 4.02. The Bertz CT molecular complexity index is 561. The molecule has 0 aliphatic carbocycles. The molecule has 3 heterocycles. The van der Waals surface area contributed by atoms with Gasteiger partial charge in [0.1, 0.15) is 5.75 Å². The van der Waals surface area contributed by atoms with Crippen LogP contribution in [-0.4, -0.2) is 68.3 Å². The van der Waals surface area contributed by atoms with Crippen molar-refractivity contribution in [2.45, 2.75) is 32.2 Å². The lowest BCUT2D eigenvalue weighted by Crippen LogP contribution is -2.45. The van der Waals surface area contributed by atoms with Crippen molar-refractivity contribution in [3.8, 4) is 5.75 Å². The zero-order valence-electron chi connectivity index (χ0n) is 15.4. The summed E-state index contributed by atoms with van der Waals surface area (Å²) in [4.78, 5) is 17.4. The lowest BCUT2D eigenvalue weighted by Gasteiger charge is -2.35. The molecule has 3 saturated heterocycles. The highest BCUT2D eigenvalue weighted by atomic mass is 16.5. The van der Waals surface area contributed by atoms with Crippen LogP contribution in [0.2, 0.25) is 0 Å². The number of hydrogen-bond acceptors (Lipinski definition) is 4. The van der Waals surface area contributed by atoms with E-state index in [9.17, 15) is 4.79 Å². The van der Waals surface area contributed by atoms with Gasteiger partial charge in [-0.25, -0.2) is 0 Å². The summed E-state index contributed by atoms with van der Waals surface area (Å²) in [5, 5.41) is 0. The second kappa shape index (κ2) is 8.68. The predicted octanol–water partition coefficient (Wildman–Crippen LogP) is 2.20. The highest BCUT2D eigenvalue weighted by Crippen LogP contribution is 2.28. The molecule has 5 heteroatoms. The van der Waals surface area contributed by atoms with E-state index in [4.69, 9.17) is 9.47 Å². The van der Waals surface area contributed by atoms with Crippen LogP contribution in [0.15, 0.2) is 24.3 Å². The van der Waals surface area contributed by atoms with E-state index in [0.29, 0.717) is 25.0 Å². The molecule has 3 aliphatic rings. The number of carbonyl (C=O) groups is 1. The van der Waals surface area contributed by atoms with Crippen LogP contribution in [0.1, 0.15) is 25.3 Å². The third kappa shape index (κ3) is 4.73. The molecule has 2 atom stereocenters. The maximum Gasteiger partial charge on any atom is 0.227 e. The number of piperidine rings is 1. The Morgan fingerprint density at radius 1 is 1.16 bits per heavy atom. The molecule has 138 valence electrons. The first kappa shape index (κ1) is 18.2. The Hall–Kier alpha value is -1.59. The van der Waals surface area contributed by atoms with Crippen LogP contribution in [-0.2, 0) is 16.0 Å². The number of fused-ring (bicyclic) bond motifs is 4. The zero-order chi connectivity index (χ0) is 17.6. The van der Waals surface area contributed by atoms with Crippen LogP contribution < -0.4 is 4.74 Å². The molecule has 3 aliphatic heterocycles. The van der Waals surface area contributed by atoms with Crippen molar-refractivity contribution in [1.82, 2.24) is 9.80 Å². The average molecular weight is 346 g/mol. The van der Waals surface area contributed by atoms with Crippen LogP contribution >= 0.6 is 0 Å². The zero-order valence-corrected chi connectivity index (χ0v) is 15.4. The molecule has 1 aromatic rings. The molecule has 0 N–H and O–H groups in total. The molecule has 2 bridgehead atoms. The van der Waals surface area contributed by atoms with Gasteiger partial charge in [-0.05, 0) is 43.4 Å². The van der Waals surface area contributed by atoms with E-state index in [2.05, 4.69) is 9.80 Å². The standard InChI is InChI=1S/C20H30N2O3/c1-3-25-19-8-5-16(6-9-19)12-20(23)22-14-17-4-7-18(15-22)21(13-17)10-11-24-2/h5-6,8-9,17-18H,3-4,7,10-15H2,1-2H3/t17-,18-/m1/s1. The first-order valence-electron chi connectivity index (χ1n) is 9.42. The van der Waals surface area contributed by atoms with Crippen LogP contribution in [0.25, 0.3) is 0 Å². The topological polar surface area (TPSA) is 42.0 Å². The van der Waals surface area contributed by atoms with E-state index in [1.165, 1.54) is 12.8 Å². The molecule has 0 aromatic heterocycles. The van der Waals surface area contributed by atoms with E-state index in [-0.39, 0.29) is 5.91 Å². The van der Waals surface area contributed by atoms with Gasteiger partial charge in [-0.2, -0.15) is 0 Å². The largest absolute Gasteiger partial charge is 0.494 e. The molecular formula is C20H30N2O3. The van der Waals surface area contributed by atoms with E-state index in [1.54, 1.807) is 7.11 Å². The summed E-state index contributed by atoms with van der Waals surface area (Å²) in [7, 11) is 1.75. The fourth-order valence-corrected chi connectivity index (χ4v) is 4.02. The second-order valence-corrected chi connectivity index (χ2v) is 7.14. The number of hydrogen-bond donors (Lipinski definition) is 0. The minimum absolute atomic E-state index is 0.245. The summed E-state index contributed by atoms with van der Waals surface area (Å²) < 4.78 is 10.7. The number of ether oxygens (including phenoxy) is 2. The van der Waals surface area contributed by atoms with E-state index in [1.807, 2.05) is 31.2 Å². The molecule has 0 saturated carbocycles. The smallest absolute Gasteiger partial charge is 0.227 e. The summed E-state index contributed by atoms with van der Waals surface area (Å²) in [6.45, 7) is 7.23. The minimum atomic E-state index is 0.245. The minimum Gasteiger partial charge on any atom is -0.494 e. The second-order valence-electron chi connectivity index (χ2n) is 7.14. The van der Waals surface area contributed by atoms with Gasteiger partial charge in [-0.15, -0.1) is 0 Å². The number of carbonyl (C=O) groups excluding carboxylic acids is 1. The molecule has 3 fully saturated rings. The van der Waals surface area contributed by atoms with Gasteiger partial charge in [0.05, 0.1) is 19.6 Å². The maximum atomic E-state index is 12.8. The van der Waals surface area contributed by atoms with Crippen molar-refractivity contribution >= 4 is 5.91 Å². The Kier molecular flexibility index (Phi) is 6.32. The Morgan fingerprint density at radius 2 is 1.96 bits per heavy atom. The number of nitrogens with zero attached hydrogens (tertiary/aromatic N) is 2. The fraction of sp³-hybridized carbons (Fsp3) is 0.650. The van der Waals surface area contributed by atoms with Crippen LogP contribution in [0.5, 0.6) is 5.75 Å². The Morgan fingerprint density at radius 3 is 2.68 bits per heavy atom. The quantitative estimate of drug-likeness (QED) is 0.759. The first-order chi connectivity index (χ1) is 12.2. The highest BCUT2D eigenvalue weighted by Gasteiger charge is 2.35. The van der Waals surface area contributed by atoms with E-state index >= 15 is 0 Å². The first-order valence-corrected chi connectivity index (χ1v) is 9.42. The lowest BCUT2D eigenvalue weighted by molar-refractivity contribution is -0.130. The SMILES string of the molecule is CCOc1ccc(CC(=O)N2C[C@@H]3CC[C@H](C2)N(CCOC)C3)cc1. The molecular weight excluding hydrogens is 316 g/mol. The van der Waals surface area contributed by atoms with Crippen molar-refractivity contribution in [2.24, 2.45) is 5.92 Å². The van der Waals surface area contributed by atoms with E-state index < -0.39 is 0 Å². The van der Waals surface area contributed by atoms with Gasteiger partial charge in [0.25, 0.3) is 0 Å². The van der Waals surface area contributed by atoms with Gasteiger partial charge >= 0.3 is 0 Å². The third-order valence-corrected chi connectivity index (χ3v) is 5.35. The third-order valence-electron chi connectivity index (χ3n) is 5.35. The summed E-state index contributed by atoms with van der Waals surface area (Å²) in [5.41, 5.74) is 1.06. The average Bonchev–Trinajstić information content (AvgIpc) is 2.94. The Balaban J connectivity index is 1.59. The summed E-state index contributed by atoms with van der Waals surface area (Å²) >= 11 is 0. The van der Waals surface area contributed by atoms with Crippen LogP contribution in [0, 0.1) is 5.92 Å². The van der Waals surface area contributed by atoms with Gasteiger partial charge < -0.3 is 14.4 Å². The van der Waals surface area contributed by atoms with Crippen molar-refractivity contribution in [3.05, 3.63) is 29.8 Å². The number of rotatable bonds is 7. The molecule has 4 rings (SSSR count). The van der Waals surface area contributed by atoms with Gasteiger partial charge in [-0.3, -0.25) is 9.69 Å². The van der Waals surface area contributed by atoms with E-state index in [0.717, 1.165) is 44.1 Å². The van der Waals surface area contributed by atoms with Gasteiger partial charge in [0.2, 0.25) is 5.91 Å². The highest BCUT2D eigenvalue weighted by molar-refractivity contribution is 5.79. The van der Waals surface area contributed by atoms with Crippen molar-refractivity contribution in [2.75, 3.05) is 46.5 Å².